The molecule has 0 saturated carbocycles. The van der Waals surface area contributed by atoms with E-state index >= 15 is 0 Å². The van der Waals surface area contributed by atoms with E-state index in [1.165, 1.54) is 42.3 Å². The number of nitrogens with zero attached hydrogens (tertiary/aromatic N) is 1. The normalized spacial score (nSPS) is 15.0. The topological polar surface area (TPSA) is 50.5 Å². The Bertz CT molecular complexity index is 766. The molecule has 118 valence electrons. The highest BCUT2D eigenvalue weighted by molar-refractivity contribution is 8.04. The molecule has 1 aromatic carbocycles. The number of benzene rings is 1. The second-order valence-corrected chi connectivity index (χ2v) is 6.19. The van der Waals surface area contributed by atoms with Gasteiger partial charge >= 0.3 is 0 Å². The molecular formula is C17H14FNO3S. The molecule has 0 N–H and O–H groups in total. The quantitative estimate of drug-likeness (QED) is 0.788. The maximum atomic E-state index is 13.1. The number of hydrogen-bond donors (Lipinski definition) is 0. The average molecular weight is 331 g/mol. The summed E-state index contributed by atoms with van der Waals surface area (Å²) in [6, 6.07) is 9.01. The summed E-state index contributed by atoms with van der Waals surface area (Å²) in [7, 11) is 0. The Kier molecular flexibility index (Phi) is 4.34. The zero-order valence-corrected chi connectivity index (χ0v) is 13.2. The molecule has 23 heavy (non-hydrogen) atoms. The third kappa shape index (κ3) is 2.94. The predicted octanol–water partition coefficient (Wildman–Crippen LogP) is 3.45. The van der Waals surface area contributed by atoms with Crippen LogP contribution in [0.3, 0.4) is 0 Å². The second-order valence-electron chi connectivity index (χ2n) is 4.92. The summed E-state index contributed by atoms with van der Waals surface area (Å²) in [5, 5.41) is 0. The van der Waals surface area contributed by atoms with Crippen LogP contribution >= 0.6 is 11.8 Å². The number of imide groups is 1. The van der Waals surface area contributed by atoms with Gasteiger partial charge in [-0.25, -0.2) is 4.39 Å². The van der Waals surface area contributed by atoms with Gasteiger partial charge in [-0.3, -0.25) is 14.5 Å². The first-order valence-corrected chi connectivity index (χ1v) is 8.12. The fraction of sp³-hybridized carbons (Fsp3) is 0.176. The molecule has 4 nitrogen and oxygen atoms in total. The molecule has 0 bridgehead atoms. The van der Waals surface area contributed by atoms with E-state index < -0.39 is 0 Å². The first-order valence-electron chi connectivity index (χ1n) is 7.13. The highest BCUT2D eigenvalue weighted by Gasteiger charge is 2.39. The minimum absolute atomic E-state index is 0.0864. The Morgan fingerprint density at radius 3 is 2.48 bits per heavy atom. The molecule has 0 radical (unpaired) electrons. The molecule has 0 unspecified atom stereocenters. The lowest BCUT2D eigenvalue weighted by Gasteiger charge is -2.13. The minimum Gasteiger partial charge on any atom is -0.467 e. The Hall–Kier alpha value is -2.34. The average Bonchev–Trinajstić information content (AvgIpc) is 3.13. The van der Waals surface area contributed by atoms with E-state index in [0.717, 1.165) is 4.90 Å². The van der Waals surface area contributed by atoms with E-state index in [2.05, 4.69) is 0 Å². The summed E-state index contributed by atoms with van der Waals surface area (Å²) in [6.07, 6.45) is 1.50. The summed E-state index contributed by atoms with van der Waals surface area (Å²) in [6.45, 7) is 2.00. The molecule has 6 heteroatoms. The molecule has 2 aromatic rings. The van der Waals surface area contributed by atoms with Crippen LogP contribution in [-0.4, -0.2) is 22.5 Å². The number of thioether (sulfide) groups is 1. The molecule has 1 aliphatic heterocycles. The van der Waals surface area contributed by atoms with Gasteiger partial charge in [0.05, 0.1) is 23.3 Å². The number of rotatable bonds is 5. The molecule has 2 amide bonds. The lowest BCUT2D eigenvalue weighted by Crippen LogP contribution is -2.30. The van der Waals surface area contributed by atoms with Crippen LogP contribution in [0, 0.1) is 5.82 Å². The SMILES string of the molecule is CCSC1=C(c2ccc(F)cc2)C(=O)N(Cc2ccco2)C1=O. The van der Waals surface area contributed by atoms with Crippen LogP contribution in [0.25, 0.3) is 5.57 Å². The molecule has 2 heterocycles. The van der Waals surface area contributed by atoms with E-state index in [1.54, 1.807) is 12.1 Å². The zero-order chi connectivity index (χ0) is 16.4. The summed E-state index contributed by atoms with van der Waals surface area (Å²) in [5.41, 5.74) is 0.871. The van der Waals surface area contributed by atoms with Crippen molar-refractivity contribution in [2.45, 2.75) is 13.5 Å². The summed E-state index contributed by atoms with van der Waals surface area (Å²) in [5.74, 6) is 0.0934. The van der Waals surface area contributed by atoms with Gasteiger partial charge < -0.3 is 4.42 Å². The minimum atomic E-state index is -0.386. The smallest absolute Gasteiger partial charge is 0.268 e. The van der Waals surface area contributed by atoms with E-state index in [9.17, 15) is 14.0 Å². The highest BCUT2D eigenvalue weighted by atomic mass is 32.2. The molecule has 0 fully saturated rings. The molecule has 1 aliphatic rings. The van der Waals surface area contributed by atoms with Crippen LogP contribution in [0.15, 0.2) is 52.0 Å². The van der Waals surface area contributed by atoms with Crippen molar-refractivity contribution in [2.75, 3.05) is 5.75 Å². The van der Waals surface area contributed by atoms with Gasteiger partial charge in [0.25, 0.3) is 11.8 Å². The first-order chi connectivity index (χ1) is 11.1. The molecular weight excluding hydrogens is 317 g/mol. The summed E-state index contributed by atoms with van der Waals surface area (Å²) >= 11 is 1.32. The predicted molar refractivity (Wildman–Crippen MR) is 85.7 cm³/mol. The standard InChI is InChI=1S/C17H14FNO3S/c1-2-23-15-14(11-5-7-12(18)8-6-11)16(20)19(17(15)21)10-13-4-3-9-22-13/h3-9H,2,10H2,1H3. The van der Waals surface area contributed by atoms with Crippen LogP contribution < -0.4 is 0 Å². The monoisotopic (exact) mass is 331 g/mol. The first kappa shape index (κ1) is 15.6. The van der Waals surface area contributed by atoms with Crippen molar-refractivity contribution in [1.29, 1.82) is 0 Å². The van der Waals surface area contributed by atoms with E-state index in [1.807, 2.05) is 6.92 Å². The van der Waals surface area contributed by atoms with Crippen LogP contribution in [-0.2, 0) is 16.1 Å². The van der Waals surface area contributed by atoms with Crippen LogP contribution in [0.5, 0.6) is 0 Å². The van der Waals surface area contributed by atoms with Gasteiger partial charge in [0, 0.05) is 0 Å². The van der Waals surface area contributed by atoms with Gasteiger partial charge in [0.2, 0.25) is 0 Å². The number of amides is 2. The third-order valence-corrected chi connectivity index (χ3v) is 4.40. The Morgan fingerprint density at radius 1 is 1.13 bits per heavy atom. The molecule has 0 atom stereocenters. The van der Waals surface area contributed by atoms with E-state index in [-0.39, 0.29) is 24.2 Å². The van der Waals surface area contributed by atoms with Crippen molar-refractivity contribution in [3.8, 4) is 0 Å². The van der Waals surface area contributed by atoms with E-state index in [4.69, 9.17) is 4.42 Å². The molecule has 0 saturated heterocycles. The van der Waals surface area contributed by atoms with Gasteiger partial charge in [0.15, 0.2) is 0 Å². The van der Waals surface area contributed by atoms with Gasteiger partial charge in [0.1, 0.15) is 11.6 Å². The fourth-order valence-electron chi connectivity index (χ4n) is 2.41. The lowest BCUT2D eigenvalue weighted by atomic mass is 10.1. The second kappa shape index (κ2) is 6.42. The number of carbonyl (C=O) groups is 2. The number of hydrogen-bond acceptors (Lipinski definition) is 4. The summed E-state index contributed by atoms with van der Waals surface area (Å²) in [4.78, 5) is 26.9. The Labute approximate surface area is 137 Å². The lowest BCUT2D eigenvalue weighted by molar-refractivity contribution is -0.137. The number of halogens is 1. The van der Waals surface area contributed by atoms with Crippen molar-refractivity contribution in [2.24, 2.45) is 0 Å². The van der Waals surface area contributed by atoms with Gasteiger partial charge in [-0.1, -0.05) is 19.1 Å². The van der Waals surface area contributed by atoms with Crippen LogP contribution in [0.2, 0.25) is 0 Å². The van der Waals surface area contributed by atoms with Crippen molar-refractivity contribution in [3.63, 3.8) is 0 Å². The van der Waals surface area contributed by atoms with Gasteiger partial charge in [-0.15, -0.1) is 11.8 Å². The summed E-state index contributed by atoms with van der Waals surface area (Å²) < 4.78 is 18.3. The largest absolute Gasteiger partial charge is 0.467 e. The van der Waals surface area contributed by atoms with Gasteiger partial charge in [-0.05, 0) is 35.6 Å². The van der Waals surface area contributed by atoms with Crippen molar-refractivity contribution >= 4 is 29.1 Å². The maximum Gasteiger partial charge on any atom is 0.268 e. The molecule has 1 aromatic heterocycles. The zero-order valence-electron chi connectivity index (χ0n) is 12.4. The highest BCUT2D eigenvalue weighted by Crippen LogP contribution is 2.36. The van der Waals surface area contributed by atoms with Crippen molar-refractivity contribution < 1.29 is 18.4 Å². The van der Waals surface area contributed by atoms with Crippen molar-refractivity contribution in [1.82, 2.24) is 4.90 Å². The molecule has 0 spiro atoms. The molecule has 3 rings (SSSR count). The van der Waals surface area contributed by atoms with Crippen LogP contribution in [0.4, 0.5) is 4.39 Å². The van der Waals surface area contributed by atoms with E-state index in [0.29, 0.717) is 27.6 Å². The maximum absolute atomic E-state index is 13.1. The molecule has 0 aliphatic carbocycles. The third-order valence-electron chi connectivity index (χ3n) is 3.44. The van der Waals surface area contributed by atoms with Gasteiger partial charge in [-0.2, -0.15) is 0 Å². The number of carbonyl (C=O) groups excluding carboxylic acids is 2. The Morgan fingerprint density at radius 2 is 1.87 bits per heavy atom. The van der Waals surface area contributed by atoms with Crippen molar-refractivity contribution in [3.05, 3.63) is 64.7 Å². The number of furan rings is 1. The fourth-order valence-corrected chi connectivity index (χ4v) is 3.28. The Balaban J connectivity index is 1.98. The van der Waals surface area contributed by atoms with Crippen LogP contribution in [0.1, 0.15) is 18.2 Å².